The lowest BCUT2D eigenvalue weighted by molar-refractivity contribution is -0.134. The molecule has 1 atom stereocenters. The number of carbonyl (C=O) groups excluding carboxylic acids is 1. The van der Waals surface area contributed by atoms with Gasteiger partial charge in [0.25, 0.3) is 0 Å². The van der Waals surface area contributed by atoms with E-state index in [1.165, 1.54) is 4.90 Å². The predicted octanol–water partition coefficient (Wildman–Crippen LogP) is 4.03. The van der Waals surface area contributed by atoms with Crippen LogP contribution in [-0.2, 0) is 9.53 Å². The SMILES string of the molecule is CCOC(=O)C1=NC2C(=C1c1ccc3c(c1)OCCO3)Sc1ccccc12. The van der Waals surface area contributed by atoms with Gasteiger partial charge in [-0.25, -0.2) is 4.79 Å². The van der Waals surface area contributed by atoms with E-state index in [0.717, 1.165) is 27.4 Å². The van der Waals surface area contributed by atoms with Crippen molar-refractivity contribution in [2.24, 2.45) is 4.99 Å². The standard InChI is InChI=1S/C21H17NO4S/c1-2-24-21(23)19-17(12-7-8-14-15(11-12)26-10-9-25-14)20-18(22-19)13-5-3-4-6-16(13)27-20/h3-8,11,18H,2,9-10H2,1H3. The van der Waals surface area contributed by atoms with Crippen molar-refractivity contribution < 1.29 is 19.0 Å². The summed E-state index contributed by atoms with van der Waals surface area (Å²) in [6.45, 7) is 3.18. The molecule has 3 aliphatic heterocycles. The Morgan fingerprint density at radius 2 is 2.00 bits per heavy atom. The van der Waals surface area contributed by atoms with Gasteiger partial charge in [0.2, 0.25) is 0 Å². The van der Waals surface area contributed by atoms with E-state index in [9.17, 15) is 4.79 Å². The first-order valence-corrected chi connectivity index (χ1v) is 9.74. The number of aliphatic imine (C=N–C) groups is 1. The smallest absolute Gasteiger partial charge is 0.357 e. The molecule has 0 amide bonds. The van der Waals surface area contributed by atoms with Crippen molar-refractivity contribution in [3.63, 3.8) is 0 Å². The molecule has 0 spiro atoms. The number of hydrogen-bond acceptors (Lipinski definition) is 6. The van der Waals surface area contributed by atoms with E-state index in [0.29, 0.717) is 31.3 Å². The van der Waals surface area contributed by atoms with Gasteiger partial charge in [-0.15, -0.1) is 0 Å². The average Bonchev–Trinajstić information content (AvgIpc) is 3.24. The Balaban J connectivity index is 1.65. The van der Waals surface area contributed by atoms with Gasteiger partial charge in [0.1, 0.15) is 19.3 Å². The molecule has 1 unspecified atom stereocenters. The highest BCUT2D eigenvalue weighted by atomic mass is 32.2. The lowest BCUT2D eigenvalue weighted by Crippen LogP contribution is -2.19. The third-order valence-electron chi connectivity index (χ3n) is 4.72. The maximum atomic E-state index is 12.6. The predicted molar refractivity (Wildman–Crippen MR) is 103 cm³/mol. The minimum atomic E-state index is -0.387. The normalized spacial score (nSPS) is 19.4. The molecule has 0 fully saturated rings. The third kappa shape index (κ3) is 2.63. The highest BCUT2D eigenvalue weighted by Gasteiger charge is 2.40. The number of benzene rings is 2. The first-order chi connectivity index (χ1) is 13.3. The fraction of sp³-hybridized carbons (Fsp3) is 0.238. The topological polar surface area (TPSA) is 57.1 Å². The van der Waals surface area contributed by atoms with E-state index in [4.69, 9.17) is 19.2 Å². The van der Waals surface area contributed by atoms with Crippen LogP contribution in [0.25, 0.3) is 5.57 Å². The van der Waals surface area contributed by atoms with Crippen LogP contribution in [0.1, 0.15) is 24.1 Å². The summed E-state index contributed by atoms with van der Waals surface area (Å²) in [6, 6.07) is 13.8. The van der Waals surface area contributed by atoms with Crippen LogP contribution >= 0.6 is 11.8 Å². The number of rotatable bonds is 3. The second-order valence-corrected chi connectivity index (χ2v) is 7.42. The zero-order valence-electron chi connectivity index (χ0n) is 14.7. The highest BCUT2D eigenvalue weighted by Crippen LogP contribution is 2.55. The van der Waals surface area contributed by atoms with Gasteiger partial charge in [-0.2, -0.15) is 0 Å². The van der Waals surface area contributed by atoms with E-state index < -0.39 is 0 Å². The zero-order chi connectivity index (χ0) is 18.4. The molecule has 5 rings (SSSR count). The van der Waals surface area contributed by atoms with Crippen LogP contribution in [0, 0.1) is 0 Å². The summed E-state index contributed by atoms with van der Waals surface area (Å²) in [5, 5.41) is 0. The summed E-state index contributed by atoms with van der Waals surface area (Å²) < 4.78 is 16.6. The molecule has 0 bridgehead atoms. The van der Waals surface area contributed by atoms with Crippen LogP contribution in [-0.4, -0.2) is 31.5 Å². The molecular weight excluding hydrogens is 362 g/mol. The van der Waals surface area contributed by atoms with Crippen molar-refractivity contribution in [1.29, 1.82) is 0 Å². The van der Waals surface area contributed by atoms with E-state index in [-0.39, 0.29) is 12.0 Å². The average molecular weight is 379 g/mol. The summed E-state index contributed by atoms with van der Waals surface area (Å²) in [5.74, 6) is 1.03. The number of fused-ring (bicyclic) bond motifs is 4. The Kier molecular flexibility index (Phi) is 3.93. The van der Waals surface area contributed by atoms with Crippen LogP contribution in [0.2, 0.25) is 0 Å². The fourth-order valence-electron chi connectivity index (χ4n) is 3.57. The lowest BCUT2D eigenvalue weighted by Gasteiger charge is -2.19. The molecule has 0 N–H and O–H groups in total. The molecule has 5 nitrogen and oxygen atoms in total. The van der Waals surface area contributed by atoms with E-state index in [1.54, 1.807) is 18.7 Å². The summed E-state index contributed by atoms with van der Waals surface area (Å²) in [6.07, 6.45) is 0. The van der Waals surface area contributed by atoms with Crippen molar-refractivity contribution in [2.75, 3.05) is 19.8 Å². The van der Waals surface area contributed by atoms with Gasteiger partial charge in [0, 0.05) is 15.4 Å². The number of hydrogen-bond donors (Lipinski definition) is 0. The van der Waals surface area contributed by atoms with Crippen molar-refractivity contribution in [2.45, 2.75) is 17.9 Å². The van der Waals surface area contributed by atoms with E-state index in [2.05, 4.69) is 12.1 Å². The molecule has 0 saturated heterocycles. The van der Waals surface area contributed by atoms with Crippen molar-refractivity contribution in [3.05, 3.63) is 58.5 Å². The van der Waals surface area contributed by atoms with Gasteiger partial charge in [0.15, 0.2) is 17.2 Å². The second-order valence-electron chi connectivity index (χ2n) is 6.34. The first kappa shape index (κ1) is 16.4. The summed E-state index contributed by atoms with van der Waals surface area (Å²) in [5.41, 5.74) is 3.24. The number of carbonyl (C=O) groups is 1. The van der Waals surface area contributed by atoms with Crippen LogP contribution in [0.15, 0.2) is 57.3 Å². The Labute approximate surface area is 161 Å². The molecule has 136 valence electrons. The molecule has 3 aliphatic rings. The molecule has 3 heterocycles. The molecule has 6 heteroatoms. The number of nitrogens with zero attached hydrogens (tertiary/aromatic N) is 1. The summed E-state index contributed by atoms with van der Waals surface area (Å²) >= 11 is 1.67. The second kappa shape index (κ2) is 6.46. The van der Waals surface area contributed by atoms with Crippen LogP contribution in [0.5, 0.6) is 11.5 Å². The molecule has 0 saturated carbocycles. The van der Waals surface area contributed by atoms with Crippen molar-refractivity contribution >= 4 is 29.0 Å². The monoisotopic (exact) mass is 379 g/mol. The van der Waals surface area contributed by atoms with Gasteiger partial charge in [0.05, 0.1) is 6.61 Å². The number of esters is 1. The van der Waals surface area contributed by atoms with Crippen LogP contribution in [0.3, 0.4) is 0 Å². The minimum Gasteiger partial charge on any atom is -0.486 e. The van der Waals surface area contributed by atoms with Gasteiger partial charge >= 0.3 is 5.97 Å². The molecule has 2 aromatic rings. The maximum absolute atomic E-state index is 12.6. The maximum Gasteiger partial charge on any atom is 0.357 e. The molecule has 0 aliphatic carbocycles. The fourth-order valence-corrected chi connectivity index (χ4v) is 4.86. The Hall–Kier alpha value is -2.73. The summed E-state index contributed by atoms with van der Waals surface area (Å²) in [4.78, 5) is 19.6. The van der Waals surface area contributed by atoms with Gasteiger partial charge < -0.3 is 14.2 Å². The molecule has 27 heavy (non-hydrogen) atoms. The lowest BCUT2D eigenvalue weighted by atomic mass is 9.99. The van der Waals surface area contributed by atoms with Crippen molar-refractivity contribution in [3.8, 4) is 11.5 Å². The van der Waals surface area contributed by atoms with Crippen molar-refractivity contribution in [1.82, 2.24) is 0 Å². The molecule has 0 aromatic heterocycles. The quantitative estimate of drug-likeness (QED) is 0.754. The van der Waals surface area contributed by atoms with Gasteiger partial charge in [-0.05, 0) is 36.2 Å². The molecular formula is C21H17NO4S. The Morgan fingerprint density at radius 3 is 2.85 bits per heavy atom. The van der Waals surface area contributed by atoms with Gasteiger partial charge in [-0.1, -0.05) is 36.0 Å². The largest absolute Gasteiger partial charge is 0.486 e. The van der Waals surface area contributed by atoms with Gasteiger partial charge in [-0.3, -0.25) is 4.99 Å². The molecule has 2 aromatic carbocycles. The number of ether oxygens (including phenoxy) is 3. The van der Waals surface area contributed by atoms with E-state index >= 15 is 0 Å². The first-order valence-electron chi connectivity index (χ1n) is 8.92. The number of thioether (sulfide) groups is 1. The summed E-state index contributed by atoms with van der Waals surface area (Å²) in [7, 11) is 0. The Morgan fingerprint density at radius 1 is 1.19 bits per heavy atom. The third-order valence-corrected chi connectivity index (χ3v) is 5.96. The minimum absolute atomic E-state index is 0.145. The van der Waals surface area contributed by atoms with Crippen LogP contribution < -0.4 is 9.47 Å². The highest BCUT2D eigenvalue weighted by molar-refractivity contribution is 8.03. The van der Waals surface area contributed by atoms with Crippen LogP contribution in [0.4, 0.5) is 0 Å². The molecule has 0 radical (unpaired) electrons. The zero-order valence-corrected chi connectivity index (χ0v) is 15.5. The Bertz CT molecular complexity index is 1010. The van der Waals surface area contributed by atoms with E-state index in [1.807, 2.05) is 30.3 Å².